The van der Waals surface area contributed by atoms with Crippen LogP contribution in [-0.4, -0.2) is 35.7 Å². The predicted octanol–water partition coefficient (Wildman–Crippen LogP) is 2.59. The van der Waals surface area contributed by atoms with Gasteiger partial charge in [-0.2, -0.15) is 0 Å². The average molecular weight is 302 g/mol. The van der Waals surface area contributed by atoms with Crippen LogP contribution in [-0.2, 0) is 6.42 Å². The third kappa shape index (κ3) is 4.63. The Bertz CT molecular complexity index is 555. The van der Waals surface area contributed by atoms with E-state index in [1.54, 1.807) is 17.2 Å². The second-order valence-electron chi connectivity index (χ2n) is 5.13. The molecule has 2 N–H and O–H groups in total. The van der Waals surface area contributed by atoms with Gasteiger partial charge >= 0.3 is 6.03 Å². The molecule has 1 aromatic carbocycles. The molecule has 1 atom stereocenters. The zero-order valence-electron chi connectivity index (χ0n) is 12.7. The molecule has 2 amide bonds. The number of nitrogens with zero attached hydrogens (tertiary/aromatic N) is 1. The summed E-state index contributed by atoms with van der Waals surface area (Å²) >= 11 is 0. The van der Waals surface area contributed by atoms with Crippen molar-refractivity contribution in [2.24, 2.45) is 0 Å². The van der Waals surface area contributed by atoms with E-state index in [-0.39, 0.29) is 18.7 Å². The average Bonchev–Trinajstić information content (AvgIpc) is 3.07. The first-order chi connectivity index (χ1) is 10.7. The predicted molar refractivity (Wildman–Crippen MR) is 84.5 cm³/mol. The van der Waals surface area contributed by atoms with Gasteiger partial charge < -0.3 is 19.7 Å². The van der Waals surface area contributed by atoms with Gasteiger partial charge in [0.05, 0.1) is 18.9 Å². The number of urea groups is 1. The first-order valence-corrected chi connectivity index (χ1v) is 7.44. The summed E-state index contributed by atoms with van der Waals surface area (Å²) in [5, 5.41) is 12.0. The Kier molecular flexibility index (Phi) is 6.03. The Balaban J connectivity index is 1.90. The lowest BCUT2D eigenvalue weighted by molar-refractivity contribution is 0.174. The molecule has 0 aliphatic heterocycles. The van der Waals surface area contributed by atoms with Gasteiger partial charge in [-0.3, -0.25) is 0 Å². The lowest BCUT2D eigenvalue weighted by atomic mass is 10.1. The van der Waals surface area contributed by atoms with Crippen molar-refractivity contribution in [3.8, 4) is 0 Å². The van der Waals surface area contributed by atoms with E-state index in [1.165, 1.54) is 0 Å². The normalized spacial score (nSPS) is 11.9. The molecule has 0 aliphatic carbocycles. The fourth-order valence-electron chi connectivity index (χ4n) is 2.23. The smallest absolute Gasteiger partial charge is 0.318 e. The van der Waals surface area contributed by atoms with Crippen LogP contribution in [0.15, 0.2) is 53.1 Å². The van der Waals surface area contributed by atoms with Gasteiger partial charge in [0, 0.05) is 13.1 Å². The van der Waals surface area contributed by atoms with Crippen LogP contribution in [0, 0.1) is 0 Å². The first-order valence-electron chi connectivity index (χ1n) is 7.44. The van der Waals surface area contributed by atoms with Crippen molar-refractivity contribution in [3.63, 3.8) is 0 Å². The summed E-state index contributed by atoms with van der Waals surface area (Å²) in [5.74, 6) is 0.709. The van der Waals surface area contributed by atoms with E-state index in [1.807, 2.05) is 43.3 Å². The molecular formula is C17H22N2O3. The minimum atomic E-state index is -0.208. The molecule has 1 unspecified atom stereocenters. The van der Waals surface area contributed by atoms with Crippen LogP contribution in [0.3, 0.4) is 0 Å². The quantitative estimate of drug-likeness (QED) is 0.826. The number of furan rings is 1. The van der Waals surface area contributed by atoms with E-state index in [2.05, 4.69) is 5.32 Å². The van der Waals surface area contributed by atoms with Gasteiger partial charge in [0.15, 0.2) is 0 Å². The van der Waals surface area contributed by atoms with Crippen molar-refractivity contribution in [3.05, 3.63) is 60.1 Å². The van der Waals surface area contributed by atoms with E-state index in [9.17, 15) is 4.79 Å². The third-order valence-electron chi connectivity index (χ3n) is 3.48. The lowest BCUT2D eigenvalue weighted by Crippen LogP contribution is -2.43. The van der Waals surface area contributed by atoms with Gasteiger partial charge in [0.1, 0.15) is 5.76 Å². The molecule has 5 heteroatoms. The summed E-state index contributed by atoms with van der Waals surface area (Å²) in [6.45, 7) is 2.67. The molecular weight excluding hydrogens is 280 g/mol. The maximum absolute atomic E-state index is 12.3. The van der Waals surface area contributed by atoms with E-state index in [0.717, 1.165) is 12.0 Å². The molecule has 0 spiro atoms. The summed E-state index contributed by atoms with van der Waals surface area (Å²) in [6, 6.07) is 13.2. The number of carbonyl (C=O) groups is 1. The number of rotatable bonds is 7. The number of aliphatic hydroxyl groups excluding tert-OH is 1. The van der Waals surface area contributed by atoms with Gasteiger partial charge in [-0.15, -0.1) is 0 Å². The Hall–Kier alpha value is -2.27. The van der Waals surface area contributed by atoms with Crippen LogP contribution in [0.25, 0.3) is 0 Å². The van der Waals surface area contributed by atoms with Crippen LogP contribution in [0.5, 0.6) is 0 Å². The number of aliphatic hydroxyl groups is 1. The Morgan fingerprint density at radius 2 is 2.00 bits per heavy atom. The van der Waals surface area contributed by atoms with Crippen molar-refractivity contribution < 1.29 is 14.3 Å². The van der Waals surface area contributed by atoms with Gasteiger partial charge in [-0.25, -0.2) is 4.79 Å². The molecule has 0 saturated heterocycles. The van der Waals surface area contributed by atoms with Crippen LogP contribution < -0.4 is 5.32 Å². The van der Waals surface area contributed by atoms with Crippen LogP contribution in [0.2, 0.25) is 0 Å². The highest BCUT2D eigenvalue weighted by Crippen LogP contribution is 2.12. The summed E-state index contributed by atoms with van der Waals surface area (Å²) < 4.78 is 5.28. The zero-order chi connectivity index (χ0) is 15.8. The minimum Gasteiger partial charge on any atom is -0.467 e. The molecule has 1 heterocycles. The van der Waals surface area contributed by atoms with Crippen molar-refractivity contribution in [1.82, 2.24) is 10.2 Å². The van der Waals surface area contributed by atoms with Crippen LogP contribution in [0.4, 0.5) is 4.79 Å². The van der Waals surface area contributed by atoms with Crippen molar-refractivity contribution in [1.29, 1.82) is 0 Å². The number of hydrogen-bond acceptors (Lipinski definition) is 3. The summed E-state index contributed by atoms with van der Waals surface area (Å²) in [6.07, 6.45) is 2.34. The molecule has 2 rings (SSSR count). The summed E-state index contributed by atoms with van der Waals surface area (Å²) in [7, 11) is 0. The Labute approximate surface area is 130 Å². The minimum absolute atomic E-state index is 0.0582. The van der Waals surface area contributed by atoms with Crippen molar-refractivity contribution in [2.45, 2.75) is 19.4 Å². The molecule has 22 heavy (non-hydrogen) atoms. The molecule has 2 aromatic rings. The van der Waals surface area contributed by atoms with Crippen LogP contribution >= 0.6 is 0 Å². The van der Waals surface area contributed by atoms with E-state index in [4.69, 9.17) is 9.52 Å². The SMILES string of the molecule is CC(NC(=O)N(CCO)CCc1ccccc1)c1ccco1. The highest BCUT2D eigenvalue weighted by atomic mass is 16.3. The Morgan fingerprint density at radius 3 is 2.64 bits per heavy atom. The van der Waals surface area contributed by atoms with Crippen molar-refractivity contribution >= 4 is 6.03 Å². The van der Waals surface area contributed by atoms with Gasteiger partial charge in [0.25, 0.3) is 0 Å². The molecule has 0 aliphatic rings. The second kappa shape index (κ2) is 8.24. The second-order valence-corrected chi connectivity index (χ2v) is 5.13. The summed E-state index contributed by atoms with van der Waals surface area (Å²) in [4.78, 5) is 13.9. The molecule has 0 fully saturated rings. The van der Waals surface area contributed by atoms with Gasteiger partial charge in [-0.1, -0.05) is 30.3 Å². The third-order valence-corrected chi connectivity index (χ3v) is 3.48. The highest BCUT2D eigenvalue weighted by Gasteiger charge is 2.17. The molecule has 1 aromatic heterocycles. The van der Waals surface area contributed by atoms with E-state index >= 15 is 0 Å². The highest BCUT2D eigenvalue weighted by molar-refractivity contribution is 5.74. The number of benzene rings is 1. The standard InChI is InChI=1S/C17H22N2O3/c1-14(16-8-5-13-22-16)18-17(21)19(11-12-20)10-9-15-6-3-2-4-7-15/h2-8,13-14,20H,9-12H2,1H3,(H,18,21). The maximum Gasteiger partial charge on any atom is 0.318 e. The van der Waals surface area contributed by atoms with Crippen molar-refractivity contribution in [2.75, 3.05) is 19.7 Å². The number of carbonyl (C=O) groups excluding carboxylic acids is 1. The lowest BCUT2D eigenvalue weighted by Gasteiger charge is -2.24. The monoisotopic (exact) mass is 302 g/mol. The van der Waals surface area contributed by atoms with Gasteiger partial charge in [-0.05, 0) is 31.0 Å². The summed E-state index contributed by atoms with van der Waals surface area (Å²) in [5.41, 5.74) is 1.16. The Morgan fingerprint density at radius 1 is 1.23 bits per heavy atom. The largest absolute Gasteiger partial charge is 0.467 e. The van der Waals surface area contributed by atoms with Crippen LogP contribution in [0.1, 0.15) is 24.3 Å². The number of nitrogens with one attached hydrogen (secondary N) is 1. The van der Waals surface area contributed by atoms with Gasteiger partial charge in [0.2, 0.25) is 0 Å². The number of hydrogen-bond donors (Lipinski definition) is 2. The molecule has 0 saturated carbocycles. The number of amides is 2. The fourth-order valence-corrected chi connectivity index (χ4v) is 2.23. The topological polar surface area (TPSA) is 65.7 Å². The molecule has 0 bridgehead atoms. The first kappa shape index (κ1) is 16.1. The fraction of sp³-hybridized carbons (Fsp3) is 0.353. The maximum atomic E-state index is 12.3. The van der Waals surface area contributed by atoms with E-state index < -0.39 is 0 Å². The molecule has 0 radical (unpaired) electrons. The van der Waals surface area contributed by atoms with E-state index in [0.29, 0.717) is 18.8 Å². The zero-order valence-corrected chi connectivity index (χ0v) is 12.7. The molecule has 118 valence electrons. The molecule has 5 nitrogen and oxygen atoms in total.